The Morgan fingerprint density at radius 2 is 2.08 bits per heavy atom. The van der Waals surface area contributed by atoms with Gasteiger partial charge in [-0.25, -0.2) is 0 Å². The predicted octanol–water partition coefficient (Wildman–Crippen LogP) is 4.29. The minimum Gasteiger partial charge on any atom is -0.0755 e. The van der Waals surface area contributed by atoms with Crippen molar-refractivity contribution in [1.82, 2.24) is 0 Å². The molecule has 1 aromatic heterocycles. The molecule has 0 saturated carbocycles. The van der Waals surface area contributed by atoms with Gasteiger partial charge < -0.3 is 0 Å². The van der Waals surface area contributed by atoms with Crippen LogP contribution in [0.3, 0.4) is 0 Å². The molecule has 0 aliphatic heterocycles. The van der Waals surface area contributed by atoms with Crippen molar-refractivity contribution in [1.29, 1.82) is 0 Å². The maximum atomic E-state index is 2.31. The molecule has 0 atom stereocenters. The average Bonchev–Trinajstić information content (AvgIpc) is 2.17. The van der Waals surface area contributed by atoms with E-state index in [1.54, 1.807) is 0 Å². The smallest absolute Gasteiger partial charge is 0.0135 e. The van der Waals surface area contributed by atoms with Crippen molar-refractivity contribution in [3.05, 3.63) is 40.9 Å². The normalized spacial score (nSPS) is 11.2. The van der Waals surface area contributed by atoms with Crippen molar-refractivity contribution in [2.75, 3.05) is 0 Å². The molecule has 0 amide bonds. The van der Waals surface area contributed by atoms with Crippen LogP contribution in [0.15, 0.2) is 29.8 Å². The lowest BCUT2D eigenvalue weighted by molar-refractivity contribution is 1.17. The zero-order valence-electron chi connectivity index (χ0n) is 8.04. The molecule has 0 saturated heterocycles. The molecule has 1 aromatic carbocycles. The SMILES string of the molecule is CCc1cpcc2ccc(C)cc12. The lowest BCUT2D eigenvalue weighted by atomic mass is 10.1. The standard InChI is InChI=1S/C12H13P/c1-3-10-7-13-8-11-5-4-9(2)6-12(10)11/h4-8H,3H2,1-2H3. The molecule has 0 unspecified atom stereocenters. The summed E-state index contributed by atoms with van der Waals surface area (Å²) in [6.45, 7) is 4.37. The fraction of sp³-hybridized carbons (Fsp3) is 0.250. The van der Waals surface area contributed by atoms with E-state index < -0.39 is 0 Å². The van der Waals surface area contributed by atoms with Gasteiger partial charge in [-0.05, 0) is 41.3 Å². The van der Waals surface area contributed by atoms with Crippen molar-refractivity contribution in [2.24, 2.45) is 0 Å². The van der Waals surface area contributed by atoms with Crippen molar-refractivity contribution < 1.29 is 0 Å². The first-order chi connectivity index (χ1) is 6.31. The quantitative estimate of drug-likeness (QED) is 0.626. The largest absolute Gasteiger partial charge is 0.0755 e. The van der Waals surface area contributed by atoms with Crippen LogP contribution >= 0.6 is 8.19 Å². The molecule has 0 aliphatic carbocycles. The summed E-state index contributed by atoms with van der Waals surface area (Å²) in [6.07, 6.45) is 1.14. The van der Waals surface area contributed by atoms with Crippen LogP contribution in [0.4, 0.5) is 0 Å². The van der Waals surface area contributed by atoms with Gasteiger partial charge in [0, 0.05) is 0 Å². The highest BCUT2D eigenvalue weighted by Crippen LogP contribution is 2.24. The summed E-state index contributed by atoms with van der Waals surface area (Å²) < 4.78 is 0. The second kappa shape index (κ2) is 3.47. The average molecular weight is 188 g/mol. The van der Waals surface area contributed by atoms with E-state index in [1.807, 2.05) is 0 Å². The molecule has 0 aliphatic rings. The first kappa shape index (κ1) is 8.72. The minimum absolute atomic E-state index is 1.14. The molecule has 66 valence electrons. The lowest BCUT2D eigenvalue weighted by Gasteiger charge is -2.04. The van der Waals surface area contributed by atoms with Crippen molar-refractivity contribution >= 4 is 19.0 Å². The van der Waals surface area contributed by atoms with Gasteiger partial charge in [0.2, 0.25) is 0 Å². The monoisotopic (exact) mass is 188 g/mol. The van der Waals surface area contributed by atoms with E-state index in [1.165, 1.54) is 30.1 Å². The van der Waals surface area contributed by atoms with Crippen LogP contribution in [0.5, 0.6) is 0 Å². The number of aryl methyl sites for hydroxylation is 2. The summed E-state index contributed by atoms with van der Waals surface area (Å²) in [5.74, 6) is 4.58. The van der Waals surface area contributed by atoms with E-state index >= 15 is 0 Å². The van der Waals surface area contributed by atoms with Crippen LogP contribution in [-0.4, -0.2) is 0 Å². The van der Waals surface area contributed by atoms with E-state index in [-0.39, 0.29) is 0 Å². The molecule has 2 rings (SSSR count). The fourth-order valence-electron chi connectivity index (χ4n) is 1.62. The van der Waals surface area contributed by atoms with E-state index in [9.17, 15) is 0 Å². The van der Waals surface area contributed by atoms with Gasteiger partial charge >= 0.3 is 0 Å². The van der Waals surface area contributed by atoms with Gasteiger partial charge in [0.05, 0.1) is 0 Å². The van der Waals surface area contributed by atoms with E-state index in [0.717, 1.165) is 6.42 Å². The zero-order chi connectivity index (χ0) is 9.26. The summed E-state index contributed by atoms with van der Waals surface area (Å²) in [6, 6.07) is 6.69. The summed E-state index contributed by atoms with van der Waals surface area (Å²) in [5, 5.41) is 2.83. The molecule has 0 fully saturated rings. The van der Waals surface area contributed by atoms with Crippen molar-refractivity contribution in [2.45, 2.75) is 20.3 Å². The highest BCUT2D eigenvalue weighted by Gasteiger charge is 1.98. The van der Waals surface area contributed by atoms with Crippen LogP contribution in [0.25, 0.3) is 10.8 Å². The van der Waals surface area contributed by atoms with Gasteiger partial charge in [-0.2, -0.15) is 0 Å². The second-order valence-corrected chi connectivity index (χ2v) is 4.19. The van der Waals surface area contributed by atoms with Gasteiger partial charge in [-0.15, -0.1) is 0 Å². The highest BCUT2D eigenvalue weighted by molar-refractivity contribution is 7.28. The van der Waals surface area contributed by atoms with Crippen LogP contribution in [-0.2, 0) is 6.42 Å². The third-order valence-corrected chi connectivity index (χ3v) is 3.27. The first-order valence-electron chi connectivity index (χ1n) is 4.64. The molecule has 0 N–H and O–H groups in total. The predicted molar refractivity (Wildman–Crippen MR) is 60.6 cm³/mol. The van der Waals surface area contributed by atoms with Gasteiger partial charge in [-0.1, -0.05) is 38.9 Å². The summed E-state index contributed by atoms with van der Waals surface area (Å²) in [4.78, 5) is 0. The third kappa shape index (κ3) is 1.59. The van der Waals surface area contributed by atoms with E-state index in [2.05, 4.69) is 43.6 Å². The molecule has 2 aromatic rings. The van der Waals surface area contributed by atoms with E-state index in [0.29, 0.717) is 0 Å². The molecule has 0 nitrogen and oxygen atoms in total. The lowest BCUT2D eigenvalue weighted by Crippen LogP contribution is -1.82. The van der Waals surface area contributed by atoms with Gasteiger partial charge in [-0.3, -0.25) is 0 Å². The third-order valence-electron chi connectivity index (χ3n) is 2.38. The molecule has 0 spiro atoms. The number of rotatable bonds is 1. The number of benzene rings is 1. The van der Waals surface area contributed by atoms with Crippen molar-refractivity contribution in [3.63, 3.8) is 0 Å². The molecule has 0 radical (unpaired) electrons. The Hall–Kier alpha value is -0.870. The maximum Gasteiger partial charge on any atom is -0.0135 e. The van der Waals surface area contributed by atoms with Gasteiger partial charge in [0.25, 0.3) is 0 Å². The van der Waals surface area contributed by atoms with Crippen LogP contribution in [0, 0.1) is 6.92 Å². The van der Waals surface area contributed by atoms with Gasteiger partial charge in [0.1, 0.15) is 0 Å². The summed E-state index contributed by atoms with van der Waals surface area (Å²) >= 11 is 0. The molecule has 1 heteroatoms. The Kier molecular flexibility index (Phi) is 2.33. The molecule has 1 heterocycles. The summed E-state index contributed by atoms with van der Waals surface area (Å²) in [5.41, 5.74) is 2.84. The number of hydrogen-bond donors (Lipinski definition) is 0. The Balaban J connectivity index is 2.79. The molecular formula is C12H13P. The second-order valence-electron chi connectivity index (χ2n) is 3.38. The van der Waals surface area contributed by atoms with Crippen molar-refractivity contribution in [3.8, 4) is 0 Å². The Labute approximate surface area is 80.7 Å². The Morgan fingerprint density at radius 1 is 1.23 bits per heavy atom. The van der Waals surface area contributed by atoms with Gasteiger partial charge in [0.15, 0.2) is 0 Å². The number of hydrogen-bond acceptors (Lipinski definition) is 0. The zero-order valence-corrected chi connectivity index (χ0v) is 8.94. The Morgan fingerprint density at radius 3 is 2.85 bits per heavy atom. The summed E-state index contributed by atoms with van der Waals surface area (Å²) in [7, 11) is 1.33. The van der Waals surface area contributed by atoms with Crippen LogP contribution < -0.4 is 0 Å². The molecule has 0 bridgehead atoms. The number of fused-ring (bicyclic) bond motifs is 1. The Bertz CT molecular complexity index is 432. The molecular weight excluding hydrogens is 175 g/mol. The molecule has 13 heavy (non-hydrogen) atoms. The van der Waals surface area contributed by atoms with Crippen LogP contribution in [0.1, 0.15) is 18.1 Å². The first-order valence-corrected chi connectivity index (χ1v) is 5.68. The van der Waals surface area contributed by atoms with E-state index in [4.69, 9.17) is 0 Å². The topological polar surface area (TPSA) is 0 Å². The fourth-order valence-corrected chi connectivity index (χ4v) is 2.58. The maximum absolute atomic E-state index is 2.31. The highest BCUT2D eigenvalue weighted by atomic mass is 31.0. The minimum atomic E-state index is 1.14. The van der Waals surface area contributed by atoms with Crippen LogP contribution in [0.2, 0.25) is 0 Å².